The number of H-pyrrole nitrogens is 1. The lowest BCUT2D eigenvalue weighted by atomic mass is 9.76. The molecule has 1 N–H and O–H groups in total. The van der Waals surface area contributed by atoms with Crippen LogP contribution in [-0.2, 0) is 5.41 Å². The molecule has 0 aromatic carbocycles. The Labute approximate surface area is 84.7 Å². The van der Waals surface area contributed by atoms with E-state index in [1.54, 1.807) is 0 Å². The van der Waals surface area contributed by atoms with Gasteiger partial charge in [-0.05, 0) is 26.3 Å². The van der Waals surface area contributed by atoms with Crippen LogP contribution in [0.1, 0.15) is 32.9 Å². The zero-order chi connectivity index (χ0) is 10.2. The van der Waals surface area contributed by atoms with Crippen molar-refractivity contribution in [3.05, 3.63) is 41.3 Å². The normalized spacial score (nSPS) is 27.1. The summed E-state index contributed by atoms with van der Waals surface area (Å²) in [6, 6.07) is 2.06. The standard InChI is InChI=1S/C12H16N2/c1-9-6-10(2)8-12(3,7-9)11-4-5-13-14-11/h4-7H,8H2,1-3H3,(H,13,14). The highest BCUT2D eigenvalue weighted by atomic mass is 15.1. The molecule has 0 saturated carbocycles. The van der Waals surface area contributed by atoms with Gasteiger partial charge >= 0.3 is 0 Å². The number of allylic oxidation sites excluding steroid dienone is 4. The molecule has 0 fully saturated rings. The largest absolute Gasteiger partial charge is 0.282 e. The van der Waals surface area contributed by atoms with Crippen molar-refractivity contribution in [3.63, 3.8) is 0 Å². The summed E-state index contributed by atoms with van der Waals surface area (Å²) in [6.07, 6.45) is 7.45. The second-order valence-electron chi connectivity index (χ2n) is 4.44. The summed E-state index contributed by atoms with van der Waals surface area (Å²) in [4.78, 5) is 0. The lowest BCUT2D eigenvalue weighted by Crippen LogP contribution is -2.22. The van der Waals surface area contributed by atoms with Gasteiger partial charge in [0.25, 0.3) is 0 Å². The first-order chi connectivity index (χ1) is 6.60. The first kappa shape index (κ1) is 9.25. The van der Waals surface area contributed by atoms with E-state index in [1.165, 1.54) is 16.8 Å². The van der Waals surface area contributed by atoms with E-state index in [0.29, 0.717) is 0 Å². The van der Waals surface area contributed by atoms with E-state index in [2.05, 4.69) is 49.2 Å². The summed E-state index contributed by atoms with van der Waals surface area (Å²) >= 11 is 0. The maximum atomic E-state index is 4.02. The molecule has 2 nitrogen and oxygen atoms in total. The van der Waals surface area contributed by atoms with Gasteiger partial charge in [0, 0.05) is 17.3 Å². The van der Waals surface area contributed by atoms with Crippen LogP contribution in [0.3, 0.4) is 0 Å². The average Bonchev–Trinajstić information content (AvgIpc) is 2.52. The van der Waals surface area contributed by atoms with Gasteiger partial charge in [-0.3, -0.25) is 5.10 Å². The Morgan fingerprint density at radius 2 is 2.21 bits per heavy atom. The molecule has 1 aliphatic carbocycles. The molecule has 0 amide bonds. The third-order valence-corrected chi connectivity index (χ3v) is 2.78. The molecule has 2 rings (SSSR count). The van der Waals surface area contributed by atoms with Crippen LogP contribution in [0.25, 0.3) is 0 Å². The molecular formula is C12H16N2. The molecular weight excluding hydrogens is 172 g/mol. The van der Waals surface area contributed by atoms with E-state index < -0.39 is 0 Å². The van der Waals surface area contributed by atoms with Gasteiger partial charge in [-0.25, -0.2) is 0 Å². The van der Waals surface area contributed by atoms with Crippen molar-refractivity contribution in [2.45, 2.75) is 32.6 Å². The summed E-state index contributed by atoms with van der Waals surface area (Å²) < 4.78 is 0. The first-order valence-corrected chi connectivity index (χ1v) is 4.97. The maximum absolute atomic E-state index is 4.02. The summed E-state index contributed by atoms with van der Waals surface area (Å²) in [5.74, 6) is 0. The molecule has 74 valence electrons. The van der Waals surface area contributed by atoms with E-state index >= 15 is 0 Å². The topological polar surface area (TPSA) is 28.7 Å². The molecule has 0 aliphatic heterocycles. The van der Waals surface area contributed by atoms with Gasteiger partial charge in [-0.15, -0.1) is 0 Å². The Balaban J connectivity index is 2.40. The van der Waals surface area contributed by atoms with Crippen molar-refractivity contribution >= 4 is 0 Å². The van der Waals surface area contributed by atoms with Gasteiger partial charge in [0.1, 0.15) is 0 Å². The predicted molar refractivity (Wildman–Crippen MR) is 58.1 cm³/mol. The van der Waals surface area contributed by atoms with Crippen LogP contribution in [0.4, 0.5) is 0 Å². The third-order valence-electron chi connectivity index (χ3n) is 2.78. The number of aromatic amines is 1. The highest BCUT2D eigenvalue weighted by Crippen LogP contribution is 2.35. The van der Waals surface area contributed by atoms with Crippen molar-refractivity contribution in [3.8, 4) is 0 Å². The number of nitrogens with one attached hydrogen (secondary N) is 1. The van der Waals surface area contributed by atoms with Crippen molar-refractivity contribution < 1.29 is 0 Å². The second kappa shape index (κ2) is 3.12. The lowest BCUT2D eigenvalue weighted by molar-refractivity contribution is 0.555. The highest BCUT2D eigenvalue weighted by molar-refractivity contribution is 5.37. The third kappa shape index (κ3) is 1.52. The lowest BCUT2D eigenvalue weighted by Gasteiger charge is -2.29. The van der Waals surface area contributed by atoms with E-state index in [9.17, 15) is 0 Å². The molecule has 1 aromatic rings. The predicted octanol–water partition coefficient (Wildman–Crippen LogP) is 2.96. The quantitative estimate of drug-likeness (QED) is 0.721. The highest BCUT2D eigenvalue weighted by Gasteiger charge is 2.28. The van der Waals surface area contributed by atoms with E-state index in [0.717, 1.165) is 6.42 Å². The van der Waals surface area contributed by atoms with Crippen LogP contribution in [0, 0.1) is 0 Å². The minimum absolute atomic E-state index is 0.0966. The van der Waals surface area contributed by atoms with E-state index in [4.69, 9.17) is 0 Å². The number of aromatic nitrogens is 2. The molecule has 1 heterocycles. The van der Waals surface area contributed by atoms with Crippen LogP contribution >= 0.6 is 0 Å². The van der Waals surface area contributed by atoms with Gasteiger partial charge in [-0.2, -0.15) is 5.10 Å². The summed E-state index contributed by atoms with van der Waals surface area (Å²) in [6.45, 7) is 6.59. The molecule has 0 saturated heterocycles. The minimum atomic E-state index is 0.0966. The molecule has 1 atom stereocenters. The second-order valence-corrected chi connectivity index (χ2v) is 4.44. The molecule has 1 aromatic heterocycles. The van der Waals surface area contributed by atoms with Crippen LogP contribution < -0.4 is 0 Å². The summed E-state index contributed by atoms with van der Waals surface area (Å²) in [5.41, 5.74) is 4.07. The van der Waals surface area contributed by atoms with Gasteiger partial charge in [0.15, 0.2) is 0 Å². The van der Waals surface area contributed by atoms with E-state index in [1.807, 2.05) is 6.20 Å². The van der Waals surface area contributed by atoms with Crippen molar-refractivity contribution in [1.82, 2.24) is 10.2 Å². The Hall–Kier alpha value is -1.31. The summed E-state index contributed by atoms with van der Waals surface area (Å²) in [5, 5.41) is 7.09. The van der Waals surface area contributed by atoms with Crippen LogP contribution in [0.15, 0.2) is 35.6 Å². The fourth-order valence-electron chi connectivity index (χ4n) is 2.36. The number of hydrogen-bond acceptors (Lipinski definition) is 1. The SMILES string of the molecule is CC1=CC(C)(c2ccn[nH]2)CC(C)=C1. The van der Waals surface area contributed by atoms with Gasteiger partial charge in [-0.1, -0.05) is 30.2 Å². The molecule has 0 bridgehead atoms. The van der Waals surface area contributed by atoms with E-state index in [-0.39, 0.29) is 5.41 Å². The monoisotopic (exact) mass is 188 g/mol. The summed E-state index contributed by atoms with van der Waals surface area (Å²) in [7, 11) is 0. The number of rotatable bonds is 1. The smallest absolute Gasteiger partial charge is 0.0490 e. The Morgan fingerprint density at radius 1 is 1.43 bits per heavy atom. The van der Waals surface area contributed by atoms with Crippen LogP contribution in [0.2, 0.25) is 0 Å². The molecule has 14 heavy (non-hydrogen) atoms. The van der Waals surface area contributed by atoms with Crippen LogP contribution in [0.5, 0.6) is 0 Å². The van der Waals surface area contributed by atoms with Crippen molar-refractivity contribution in [1.29, 1.82) is 0 Å². The fourth-order valence-corrected chi connectivity index (χ4v) is 2.36. The zero-order valence-electron chi connectivity index (χ0n) is 8.96. The molecule has 1 aliphatic rings. The molecule has 2 heteroatoms. The fraction of sp³-hybridized carbons (Fsp3) is 0.417. The molecule has 1 unspecified atom stereocenters. The molecule has 0 spiro atoms. The van der Waals surface area contributed by atoms with Crippen LogP contribution in [-0.4, -0.2) is 10.2 Å². The number of nitrogens with zero attached hydrogens (tertiary/aromatic N) is 1. The maximum Gasteiger partial charge on any atom is 0.0490 e. The Kier molecular flexibility index (Phi) is 2.06. The average molecular weight is 188 g/mol. The van der Waals surface area contributed by atoms with Gasteiger partial charge in [0.2, 0.25) is 0 Å². The number of hydrogen-bond donors (Lipinski definition) is 1. The molecule has 0 radical (unpaired) electrons. The van der Waals surface area contributed by atoms with Crippen molar-refractivity contribution in [2.24, 2.45) is 0 Å². The first-order valence-electron chi connectivity index (χ1n) is 4.97. The minimum Gasteiger partial charge on any atom is -0.282 e. The Morgan fingerprint density at radius 3 is 2.79 bits per heavy atom. The van der Waals surface area contributed by atoms with Gasteiger partial charge < -0.3 is 0 Å². The Bertz CT molecular complexity index is 384. The van der Waals surface area contributed by atoms with Crippen molar-refractivity contribution in [2.75, 3.05) is 0 Å². The van der Waals surface area contributed by atoms with Gasteiger partial charge in [0.05, 0.1) is 0 Å². The zero-order valence-corrected chi connectivity index (χ0v) is 8.96.